The molecule has 1 radical (unpaired) electrons. The van der Waals surface area contributed by atoms with Gasteiger partial charge in [-0.1, -0.05) is 41.4 Å². The van der Waals surface area contributed by atoms with E-state index in [2.05, 4.69) is 0 Å². The smallest absolute Gasteiger partial charge is 0.237 e. The molecule has 2 nitrogen and oxygen atoms in total. The van der Waals surface area contributed by atoms with Gasteiger partial charge in [0.05, 0.1) is 6.61 Å². The lowest BCUT2D eigenvalue weighted by atomic mass is 10.3. The largest absolute Gasteiger partial charge is 0.493 e. The summed E-state index contributed by atoms with van der Waals surface area (Å²) in [5.41, 5.74) is 0. The SMILES string of the molecule is O=[C]C(Cl)(Cl)CCOc1ccccc1. The number of rotatable bonds is 5. The highest BCUT2D eigenvalue weighted by Gasteiger charge is 2.23. The van der Waals surface area contributed by atoms with Gasteiger partial charge in [-0.3, -0.25) is 4.79 Å². The predicted molar refractivity (Wildman–Crippen MR) is 56.7 cm³/mol. The number of hydrogen-bond donors (Lipinski definition) is 0. The van der Waals surface area contributed by atoms with Crippen LogP contribution in [0, 0.1) is 0 Å². The van der Waals surface area contributed by atoms with Crippen LogP contribution >= 0.6 is 23.2 Å². The summed E-state index contributed by atoms with van der Waals surface area (Å²) in [5, 5.41) is 0. The molecule has 0 saturated heterocycles. The van der Waals surface area contributed by atoms with Gasteiger partial charge in [0.1, 0.15) is 5.75 Å². The fraction of sp³-hybridized carbons (Fsp3) is 0.300. The number of alkyl halides is 2. The molecule has 1 aromatic rings. The van der Waals surface area contributed by atoms with Gasteiger partial charge in [-0.2, -0.15) is 0 Å². The highest BCUT2D eigenvalue weighted by molar-refractivity contribution is 6.55. The zero-order valence-corrected chi connectivity index (χ0v) is 8.89. The first-order valence-corrected chi connectivity index (χ1v) is 4.85. The summed E-state index contributed by atoms with van der Waals surface area (Å²) in [7, 11) is 0. The normalized spacial score (nSPS) is 11.0. The number of para-hydroxylation sites is 1. The molecule has 0 spiro atoms. The van der Waals surface area contributed by atoms with E-state index in [0.29, 0.717) is 0 Å². The van der Waals surface area contributed by atoms with Crippen LogP contribution in [0.3, 0.4) is 0 Å². The Morgan fingerprint density at radius 1 is 1.29 bits per heavy atom. The average molecular weight is 232 g/mol. The Hall–Kier alpha value is -0.730. The van der Waals surface area contributed by atoms with Crippen LogP contribution in [0.2, 0.25) is 0 Å². The van der Waals surface area contributed by atoms with Gasteiger partial charge in [0.25, 0.3) is 0 Å². The topological polar surface area (TPSA) is 26.3 Å². The van der Waals surface area contributed by atoms with Crippen LogP contribution in [0.5, 0.6) is 5.75 Å². The molecule has 0 aliphatic heterocycles. The fourth-order valence-corrected chi connectivity index (χ4v) is 1.02. The van der Waals surface area contributed by atoms with E-state index in [0.717, 1.165) is 5.75 Å². The lowest BCUT2D eigenvalue weighted by Gasteiger charge is -2.11. The second-order valence-electron chi connectivity index (χ2n) is 2.72. The lowest BCUT2D eigenvalue weighted by Crippen LogP contribution is -2.18. The minimum absolute atomic E-state index is 0.217. The molecule has 0 saturated carbocycles. The number of ether oxygens (including phenoxy) is 1. The minimum Gasteiger partial charge on any atom is -0.493 e. The van der Waals surface area contributed by atoms with E-state index >= 15 is 0 Å². The van der Waals surface area contributed by atoms with Crippen molar-refractivity contribution in [3.05, 3.63) is 30.3 Å². The van der Waals surface area contributed by atoms with Gasteiger partial charge in [0.2, 0.25) is 6.29 Å². The summed E-state index contributed by atoms with van der Waals surface area (Å²) in [6, 6.07) is 9.23. The Balaban J connectivity index is 2.32. The summed E-state index contributed by atoms with van der Waals surface area (Å²) < 4.78 is 3.83. The quantitative estimate of drug-likeness (QED) is 0.729. The van der Waals surface area contributed by atoms with E-state index in [9.17, 15) is 4.79 Å². The fourth-order valence-electron chi connectivity index (χ4n) is 0.865. The monoisotopic (exact) mass is 231 g/mol. The number of hydrogen-bond acceptors (Lipinski definition) is 2. The van der Waals surface area contributed by atoms with Gasteiger partial charge in [-0.25, -0.2) is 0 Å². The van der Waals surface area contributed by atoms with Crippen molar-refractivity contribution < 1.29 is 9.53 Å². The zero-order valence-electron chi connectivity index (χ0n) is 7.37. The molecule has 0 fully saturated rings. The molecule has 0 N–H and O–H groups in total. The summed E-state index contributed by atoms with van der Waals surface area (Å²) in [6.45, 7) is 0.284. The first-order valence-electron chi connectivity index (χ1n) is 4.09. The summed E-state index contributed by atoms with van der Waals surface area (Å²) in [5.74, 6) is 0.725. The molecule has 0 heterocycles. The van der Waals surface area contributed by atoms with Crippen LogP contribution in [-0.2, 0) is 4.79 Å². The molecule has 4 heteroatoms. The molecule has 0 unspecified atom stereocenters. The molecule has 0 amide bonds. The van der Waals surface area contributed by atoms with Crippen LogP contribution in [0.25, 0.3) is 0 Å². The van der Waals surface area contributed by atoms with Crippen molar-refractivity contribution in [1.29, 1.82) is 0 Å². The predicted octanol–water partition coefficient (Wildman–Crippen LogP) is 2.74. The summed E-state index contributed by atoms with van der Waals surface area (Å²) in [6.07, 6.45) is 1.75. The van der Waals surface area contributed by atoms with Crippen molar-refractivity contribution in [1.82, 2.24) is 0 Å². The van der Waals surface area contributed by atoms with Crippen LogP contribution in [0.15, 0.2) is 30.3 Å². The molecular weight excluding hydrogens is 223 g/mol. The van der Waals surface area contributed by atoms with Crippen molar-refractivity contribution in [3.63, 3.8) is 0 Å². The minimum atomic E-state index is -1.46. The maximum absolute atomic E-state index is 10.2. The maximum atomic E-state index is 10.2. The Bertz CT molecular complexity index is 285. The molecule has 75 valence electrons. The Labute approximate surface area is 92.8 Å². The number of benzene rings is 1. The van der Waals surface area contributed by atoms with Crippen LogP contribution < -0.4 is 4.74 Å². The van der Waals surface area contributed by atoms with Gasteiger partial charge in [0.15, 0.2) is 4.33 Å². The Morgan fingerprint density at radius 2 is 1.93 bits per heavy atom. The molecule has 1 aromatic carbocycles. The van der Waals surface area contributed by atoms with E-state index in [1.54, 1.807) is 0 Å². The first kappa shape index (κ1) is 11.3. The van der Waals surface area contributed by atoms with Gasteiger partial charge in [0, 0.05) is 6.42 Å². The molecule has 1 rings (SSSR count). The third kappa shape index (κ3) is 3.99. The van der Waals surface area contributed by atoms with E-state index in [1.165, 1.54) is 6.29 Å². The molecule has 0 atom stereocenters. The van der Waals surface area contributed by atoms with Gasteiger partial charge in [-0.15, -0.1) is 0 Å². The zero-order chi connectivity index (χ0) is 10.4. The standard InChI is InChI=1S/C10H9Cl2O2/c11-10(12,8-13)6-7-14-9-4-2-1-3-5-9/h1-5H,6-7H2. The van der Waals surface area contributed by atoms with E-state index in [-0.39, 0.29) is 13.0 Å². The van der Waals surface area contributed by atoms with E-state index in [4.69, 9.17) is 27.9 Å². The third-order valence-electron chi connectivity index (χ3n) is 1.58. The van der Waals surface area contributed by atoms with Gasteiger partial charge >= 0.3 is 0 Å². The Kier molecular flexibility index (Phi) is 4.23. The highest BCUT2D eigenvalue weighted by atomic mass is 35.5. The van der Waals surface area contributed by atoms with Crippen LogP contribution in [0.1, 0.15) is 6.42 Å². The molecular formula is C10H9Cl2O2. The second-order valence-corrected chi connectivity index (χ2v) is 4.20. The van der Waals surface area contributed by atoms with Crippen molar-refractivity contribution in [2.45, 2.75) is 10.8 Å². The van der Waals surface area contributed by atoms with Crippen molar-refractivity contribution in [2.24, 2.45) is 0 Å². The summed E-state index contributed by atoms with van der Waals surface area (Å²) in [4.78, 5) is 10.2. The first-order chi connectivity index (χ1) is 6.64. The lowest BCUT2D eigenvalue weighted by molar-refractivity contribution is 0.310. The van der Waals surface area contributed by atoms with Gasteiger partial charge < -0.3 is 4.74 Å². The van der Waals surface area contributed by atoms with Crippen molar-refractivity contribution >= 4 is 29.5 Å². The number of halogens is 2. The van der Waals surface area contributed by atoms with E-state index in [1.807, 2.05) is 30.3 Å². The van der Waals surface area contributed by atoms with Crippen molar-refractivity contribution in [2.75, 3.05) is 6.61 Å². The molecule has 0 aliphatic carbocycles. The molecule has 0 bridgehead atoms. The number of carbonyl (C=O) groups excluding carboxylic acids is 1. The second kappa shape index (κ2) is 5.23. The maximum Gasteiger partial charge on any atom is 0.237 e. The molecule has 0 aromatic heterocycles. The molecule has 14 heavy (non-hydrogen) atoms. The Morgan fingerprint density at radius 3 is 2.50 bits per heavy atom. The average Bonchev–Trinajstić information content (AvgIpc) is 2.19. The van der Waals surface area contributed by atoms with Crippen LogP contribution in [-0.4, -0.2) is 17.2 Å². The third-order valence-corrected chi connectivity index (χ3v) is 2.11. The molecule has 0 aliphatic rings. The highest BCUT2D eigenvalue weighted by Crippen LogP contribution is 2.22. The van der Waals surface area contributed by atoms with Crippen LogP contribution in [0.4, 0.5) is 0 Å². The summed E-state index contributed by atoms with van der Waals surface area (Å²) >= 11 is 11.1. The van der Waals surface area contributed by atoms with Gasteiger partial charge in [-0.05, 0) is 12.1 Å². The van der Waals surface area contributed by atoms with Crippen molar-refractivity contribution in [3.8, 4) is 5.75 Å². The van der Waals surface area contributed by atoms with E-state index < -0.39 is 4.33 Å².